The summed E-state index contributed by atoms with van der Waals surface area (Å²) in [4.78, 5) is 27.2. The van der Waals surface area contributed by atoms with E-state index in [2.05, 4.69) is 34.7 Å². The molecule has 168 valence electrons. The van der Waals surface area contributed by atoms with Crippen molar-refractivity contribution in [3.05, 3.63) is 42.6 Å². The van der Waals surface area contributed by atoms with Gasteiger partial charge in [0, 0.05) is 23.3 Å². The number of carbonyl (C=O) groups is 1. The minimum atomic E-state index is -2.70. The van der Waals surface area contributed by atoms with E-state index in [1.807, 2.05) is 6.92 Å². The summed E-state index contributed by atoms with van der Waals surface area (Å²) in [6.07, 6.45) is 6.24. The summed E-state index contributed by atoms with van der Waals surface area (Å²) in [5.74, 6) is -0.390. The molecule has 2 aromatic rings. The van der Waals surface area contributed by atoms with Crippen molar-refractivity contribution in [1.29, 1.82) is 0 Å². The van der Waals surface area contributed by atoms with E-state index < -0.39 is 19.4 Å². The molecular weight excluding hydrogens is 437 g/mol. The molecule has 13 heteroatoms. The highest BCUT2D eigenvalue weighted by atomic mass is 32.2. The average molecular weight is 458 g/mol. The summed E-state index contributed by atoms with van der Waals surface area (Å²) >= 11 is 1.30. The number of rotatable bonds is 7. The first-order valence-corrected chi connectivity index (χ1v) is 9.87. The molecule has 1 aliphatic heterocycles. The Hall–Kier alpha value is -2.93. The largest absolute Gasteiger partial charge is 0.445 e. The van der Waals surface area contributed by atoms with Crippen LogP contribution in [0.5, 0.6) is 5.88 Å². The van der Waals surface area contributed by atoms with E-state index in [1.54, 1.807) is 24.5 Å². The van der Waals surface area contributed by atoms with Crippen LogP contribution in [0.25, 0.3) is 0 Å². The lowest BCUT2D eigenvalue weighted by molar-refractivity contribution is -0.128. The lowest BCUT2D eigenvalue weighted by Gasteiger charge is -2.23. The van der Waals surface area contributed by atoms with Crippen LogP contribution in [0.3, 0.4) is 0 Å². The molecule has 31 heavy (non-hydrogen) atoms. The first kappa shape index (κ1) is 24.3. The second-order valence-corrected chi connectivity index (χ2v) is 7.39. The van der Waals surface area contributed by atoms with Crippen LogP contribution in [-0.2, 0) is 4.74 Å². The van der Waals surface area contributed by atoms with Gasteiger partial charge in [-0.2, -0.15) is 8.78 Å². The third kappa shape index (κ3) is 9.17. The molecule has 0 spiro atoms. The van der Waals surface area contributed by atoms with E-state index >= 15 is 0 Å². The number of halogens is 3. The number of nitrogens with zero attached hydrogens (tertiary/aromatic N) is 4. The van der Waals surface area contributed by atoms with Crippen LogP contribution in [-0.4, -0.2) is 57.4 Å². The molecule has 0 fully saturated rings. The molecular formula is C18H21F3N6O3S. The van der Waals surface area contributed by atoms with Crippen molar-refractivity contribution in [3.63, 3.8) is 0 Å². The van der Waals surface area contributed by atoms with E-state index in [0.29, 0.717) is 10.9 Å². The van der Waals surface area contributed by atoms with E-state index in [-0.39, 0.29) is 29.5 Å². The lowest BCUT2D eigenvalue weighted by Crippen LogP contribution is -2.28. The summed E-state index contributed by atoms with van der Waals surface area (Å²) in [7, 11) is 0. The molecule has 0 aliphatic carbocycles. The minimum absolute atomic E-state index is 0.00139. The number of ether oxygens (including phenoxy) is 2. The Morgan fingerprint density at radius 2 is 2.06 bits per heavy atom. The number of carbonyl (C=O) groups excluding carboxylic acids is 1. The fourth-order valence-corrected chi connectivity index (χ4v) is 3.48. The van der Waals surface area contributed by atoms with Crippen molar-refractivity contribution in [2.75, 3.05) is 18.8 Å². The van der Waals surface area contributed by atoms with Crippen molar-refractivity contribution < 1.29 is 27.4 Å². The molecule has 0 saturated carbocycles. The first-order chi connectivity index (χ1) is 14.9. The Labute approximate surface area is 180 Å². The zero-order chi connectivity index (χ0) is 22.6. The third-order valence-corrected chi connectivity index (χ3v) is 4.66. The molecule has 9 nitrogen and oxygen atoms in total. The molecule has 3 N–H and O–H groups in total. The molecule has 0 unspecified atom stereocenters. The molecule has 2 atom stereocenters. The van der Waals surface area contributed by atoms with Crippen molar-refractivity contribution >= 4 is 28.5 Å². The van der Waals surface area contributed by atoms with Gasteiger partial charge in [0.15, 0.2) is 5.17 Å². The van der Waals surface area contributed by atoms with Crippen molar-refractivity contribution in [2.24, 2.45) is 10.7 Å². The highest BCUT2D eigenvalue weighted by Crippen LogP contribution is 2.24. The van der Waals surface area contributed by atoms with Crippen LogP contribution < -0.4 is 15.8 Å². The molecule has 0 aromatic carbocycles. The summed E-state index contributed by atoms with van der Waals surface area (Å²) in [6.45, 7) is -1.75. The summed E-state index contributed by atoms with van der Waals surface area (Å²) in [5.41, 5.74) is 6.20. The van der Waals surface area contributed by atoms with Gasteiger partial charge in [0.1, 0.15) is 5.69 Å². The molecule has 1 aliphatic rings. The van der Waals surface area contributed by atoms with Crippen LogP contribution in [0.15, 0.2) is 41.9 Å². The Morgan fingerprint density at radius 3 is 2.65 bits per heavy atom. The van der Waals surface area contributed by atoms with Gasteiger partial charge in [-0.15, -0.1) is 0 Å². The van der Waals surface area contributed by atoms with Gasteiger partial charge in [-0.25, -0.2) is 14.4 Å². The number of pyridine rings is 1. The van der Waals surface area contributed by atoms with Gasteiger partial charge >= 0.3 is 6.61 Å². The monoisotopic (exact) mass is 458 g/mol. The Balaban J connectivity index is 0.000000233. The van der Waals surface area contributed by atoms with Crippen LogP contribution in [0.4, 0.5) is 18.9 Å². The standard InChI is InChI=1S/C11H9FN4O2.C7H12F2N2OS/c12-7-18-10-6-14-9(5-15-10)11(17)16-8-1-3-13-4-2-8;1-4-2-5(3-12-6(8)9)13-7(10)11-4/h1-6H,7H2,(H,13,16,17);4-6H,2-3H2,1H3,(H2,10,11)/t;4-,5-/m.0/s1. The van der Waals surface area contributed by atoms with Crippen LogP contribution in [0.2, 0.25) is 0 Å². The van der Waals surface area contributed by atoms with Crippen molar-refractivity contribution in [1.82, 2.24) is 15.0 Å². The van der Waals surface area contributed by atoms with Crippen LogP contribution in [0.1, 0.15) is 23.8 Å². The number of thioether (sulfide) groups is 1. The third-order valence-electron chi connectivity index (χ3n) is 3.65. The molecule has 0 saturated heterocycles. The maximum Gasteiger partial charge on any atom is 0.345 e. The number of alkyl halides is 3. The lowest BCUT2D eigenvalue weighted by atomic mass is 10.2. The van der Waals surface area contributed by atoms with E-state index in [4.69, 9.17) is 5.73 Å². The molecule has 0 radical (unpaired) electrons. The highest BCUT2D eigenvalue weighted by Gasteiger charge is 2.21. The van der Waals surface area contributed by atoms with E-state index in [9.17, 15) is 18.0 Å². The number of nitrogens with one attached hydrogen (secondary N) is 1. The quantitative estimate of drug-likeness (QED) is 0.649. The Kier molecular flexibility index (Phi) is 9.97. The predicted octanol–water partition coefficient (Wildman–Crippen LogP) is 2.86. The normalized spacial score (nSPS) is 17.9. The number of aliphatic imine (C=N–C) groups is 1. The molecule has 2 aromatic heterocycles. The van der Waals surface area contributed by atoms with Gasteiger partial charge in [-0.1, -0.05) is 11.8 Å². The summed E-state index contributed by atoms with van der Waals surface area (Å²) < 4.78 is 43.9. The molecule has 0 bridgehead atoms. The number of hydrogen-bond donors (Lipinski definition) is 2. The smallest absolute Gasteiger partial charge is 0.345 e. The van der Waals surface area contributed by atoms with Crippen molar-refractivity contribution in [2.45, 2.75) is 31.2 Å². The number of aromatic nitrogens is 3. The second-order valence-electron chi connectivity index (χ2n) is 6.07. The summed E-state index contributed by atoms with van der Waals surface area (Å²) in [6, 6.07) is 3.39. The molecule has 1 amide bonds. The Bertz CT molecular complexity index is 845. The Morgan fingerprint density at radius 1 is 1.32 bits per heavy atom. The average Bonchev–Trinajstić information content (AvgIpc) is 2.73. The maximum absolute atomic E-state index is 11.9. The fraction of sp³-hybridized carbons (Fsp3) is 0.389. The number of nitrogens with two attached hydrogens (primary N) is 1. The van der Waals surface area contributed by atoms with Crippen LogP contribution >= 0.6 is 11.8 Å². The van der Waals surface area contributed by atoms with Gasteiger partial charge in [0.2, 0.25) is 12.7 Å². The minimum Gasteiger partial charge on any atom is -0.445 e. The maximum atomic E-state index is 11.9. The highest BCUT2D eigenvalue weighted by molar-refractivity contribution is 8.14. The number of amides is 1. The molecule has 3 heterocycles. The van der Waals surface area contributed by atoms with Gasteiger partial charge in [-0.05, 0) is 25.5 Å². The zero-order valence-corrected chi connectivity index (χ0v) is 17.3. The number of anilines is 1. The topological polar surface area (TPSA) is 125 Å². The van der Waals surface area contributed by atoms with Gasteiger partial charge in [0.05, 0.1) is 25.0 Å². The van der Waals surface area contributed by atoms with Gasteiger partial charge in [0.25, 0.3) is 5.91 Å². The fourth-order valence-electron chi connectivity index (χ4n) is 2.38. The summed E-state index contributed by atoms with van der Waals surface area (Å²) in [5, 5.41) is 3.07. The van der Waals surface area contributed by atoms with Crippen molar-refractivity contribution in [3.8, 4) is 5.88 Å². The van der Waals surface area contributed by atoms with E-state index in [0.717, 1.165) is 6.42 Å². The first-order valence-electron chi connectivity index (χ1n) is 8.99. The molecule has 3 rings (SSSR count). The zero-order valence-electron chi connectivity index (χ0n) is 16.5. The SMILES string of the molecule is C[C@H]1C[C@@H](COC(F)F)SC(N)=N1.O=C(Nc1ccncc1)c1cnc(OCF)cn1. The number of amidine groups is 1. The van der Waals surface area contributed by atoms with Crippen LogP contribution in [0, 0.1) is 0 Å². The van der Waals surface area contributed by atoms with E-state index in [1.165, 1.54) is 24.2 Å². The number of hydrogen-bond acceptors (Lipinski definition) is 9. The second kappa shape index (κ2) is 12.7. The van der Waals surface area contributed by atoms with Gasteiger partial charge in [-0.3, -0.25) is 14.8 Å². The predicted molar refractivity (Wildman–Crippen MR) is 110 cm³/mol. The van der Waals surface area contributed by atoms with Gasteiger partial charge < -0.3 is 20.5 Å².